The lowest BCUT2D eigenvalue weighted by Crippen LogP contribution is -2.38. The Morgan fingerprint density at radius 2 is 1.63 bits per heavy atom. The average Bonchev–Trinajstić information content (AvgIpc) is 2.94. The fraction of sp³-hybridized carbons (Fsp3) is 0.333. The highest BCUT2D eigenvalue weighted by molar-refractivity contribution is 5.94. The molecule has 3 rings (SSSR count). The van der Waals surface area contributed by atoms with Gasteiger partial charge in [-0.3, -0.25) is 4.79 Å². The van der Waals surface area contributed by atoms with Crippen LogP contribution in [-0.2, 0) is 0 Å². The molecule has 1 saturated heterocycles. The van der Waals surface area contributed by atoms with Gasteiger partial charge >= 0.3 is 6.09 Å². The second kappa shape index (κ2) is 8.58. The normalized spacial score (nSPS) is 14.4. The summed E-state index contributed by atoms with van der Waals surface area (Å²) in [5.41, 5.74) is 1.56. The first-order valence-electron chi connectivity index (χ1n) is 9.04. The van der Waals surface area contributed by atoms with E-state index in [-0.39, 0.29) is 12.0 Å². The second-order valence-electron chi connectivity index (χ2n) is 6.50. The van der Waals surface area contributed by atoms with Crippen molar-refractivity contribution in [2.24, 2.45) is 0 Å². The van der Waals surface area contributed by atoms with Gasteiger partial charge in [-0.15, -0.1) is 0 Å². The first kappa shape index (κ1) is 18.8. The van der Waals surface area contributed by atoms with Gasteiger partial charge in [0.25, 0.3) is 5.91 Å². The van der Waals surface area contributed by atoms with E-state index in [1.54, 1.807) is 35.1 Å². The van der Waals surface area contributed by atoms with Crippen LogP contribution in [0, 0.1) is 6.92 Å². The number of aryl methyl sites for hydroxylation is 1. The lowest BCUT2D eigenvalue weighted by atomic mass is 10.1. The largest absolute Gasteiger partial charge is 0.496 e. The Hall–Kier alpha value is -3.02. The summed E-state index contributed by atoms with van der Waals surface area (Å²) in [7, 11) is 1.61. The highest BCUT2D eigenvalue weighted by atomic mass is 16.6. The van der Waals surface area contributed by atoms with Gasteiger partial charge in [0, 0.05) is 31.7 Å². The van der Waals surface area contributed by atoms with Gasteiger partial charge in [-0.2, -0.15) is 0 Å². The summed E-state index contributed by atoms with van der Waals surface area (Å²) < 4.78 is 10.7. The molecule has 0 radical (unpaired) electrons. The molecule has 1 aliphatic heterocycles. The molecule has 0 saturated carbocycles. The van der Waals surface area contributed by atoms with Gasteiger partial charge in [0.1, 0.15) is 11.5 Å². The van der Waals surface area contributed by atoms with Gasteiger partial charge in [0.05, 0.1) is 7.11 Å². The molecule has 1 fully saturated rings. The first-order chi connectivity index (χ1) is 13.1. The van der Waals surface area contributed by atoms with Crippen molar-refractivity contribution in [3.05, 3.63) is 59.7 Å². The topological polar surface area (TPSA) is 59.1 Å². The fourth-order valence-corrected chi connectivity index (χ4v) is 3.15. The van der Waals surface area contributed by atoms with E-state index in [0.29, 0.717) is 43.9 Å². The van der Waals surface area contributed by atoms with Crippen LogP contribution in [-0.4, -0.2) is 55.1 Å². The van der Waals surface area contributed by atoms with Gasteiger partial charge in [-0.25, -0.2) is 4.79 Å². The molecule has 1 aliphatic rings. The number of ether oxygens (including phenoxy) is 2. The van der Waals surface area contributed by atoms with Crippen molar-refractivity contribution in [3.8, 4) is 11.5 Å². The lowest BCUT2D eigenvalue weighted by molar-refractivity contribution is 0.0760. The molecule has 0 unspecified atom stereocenters. The van der Waals surface area contributed by atoms with Crippen molar-refractivity contribution in [1.82, 2.24) is 9.80 Å². The van der Waals surface area contributed by atoms with E-state index < -0.39 is 0 Å². The van der Waals surface area contributed by atoms with Crippen LogP contribution in [0.5, 0.6) is 11.5 Å². The summed E-state index contributed by atoms with van der Waals surface area (Å²) in [5.74, 6) is 1.25. The number of hydrogen-bond donors (Lipinski definition) is 0. The molecule has 1 heterocycles. The van der Waals surface area contributed by atoms with Crippen molar-refractivity contribution < 1.29 is 19.1 Å². The molecule has 6 heteroatoms. The molecule has 27 heavy (non-hydrogen) atoms. The summed E-state index contributed by atoms with van der Waals surface area (Å²) in [5, 5.41) is 0. The molecule has 2 amide bonds. The average molecular weight is 368 g/mol. The molecule has 6 nitrogen and oxygen atoms in total. The molecule has 0 N–H and O–H groups in total. The first-order valence-corrected chi connectivity index (χ1v) is 9.04. The molecule has 0 atom stereocenters. The van der Waals surface area contributed by atoms with E-state index in [1.165, 1.54) is 0 Å². The van der Waals surface area contributed by atoms with Crippen LogP contribution in [0.2, 0.25) is 0 Å². The maximum Gasteiger partial charge on any atom is 0.415 e. The number of para-hydroxylation sites is 1. The molecule has 142 valence electrons. The molecule has 0 aromatic heterocycles. The molecular weight excluding hydrogens is 344 g/mol. The van der Waals surface area contributed by atoms with Crippen molar-refractivity contribution >= 4 is 12.0 Å². The minimum Gasteiger partial charge on any atom is -0.496 e. The van der Waals surface area contributed by atoms with E-state index >= 15 is 0 Å². The standard InChI is InChI=1S/C21H24N2O4/c1-16-15-17(9-10-19(16)26-2)20(24)22-11-6-12-23(14-13-22)21(25)27-18-7-4-3-5-8-18/h3-5,7-10,15H,6,11-14H2,1-2H3. The minimum atomic E-state index is -0.379. The van der Waals surface area contributed by atoms with E-state index in [1.807, 2.05) is 37.3 Å². The zero-order chi connectivity index (χ0) is 19.2. The quantitative estimate of drug-likeness (QED) is 0.834. The molecule has 2 aromatic rings. The Kier molecular flexibility index (Phi) is 5.96. The highest BCUT2D eigenvalue weighted by Gasteiger charge is 2.24. The maximum atomic E-state index is 12.8. The molecule has 0 aliphatic carbocycles. The molecule has 2 aromatic carbocycles. The Morgan fingerprint density at radius 1 is 0.926 bits per heavy atom. The Morgan fingerprint density at radius 3 is 2.33 bits per heavy atom. The van der Waals surface area contributed by atoms with E-state index in [0.717, 1.165) is 11.3 Å². The van der Waals surface area contributed by atoms with Crippen LogP contribution >= 0.6 is 0 Å². The van der Waals surface area contributed by atoms with Gasteiger partial charge in [-0.05, 0) is 49.2 Å². The van der Waals surface area contributed by atoms with Crippen LogP contribution < -0.4 is 9.47 Å². The monoisotopic (exact) mass is 368 g/mol. The summed E-state index contributed by atoms with van der Waals surface area (Å²) in [6, 6.07) is 14.4. The number of carbonyl (C=O) groups excluding carboxylic acids is 2. The second-order valence-corrected chi connectivity index (χ2v) is 6.50. The third-order valence-corrected chi connectivity index (χ3v) is 4.63. The number of benzene rings is 2. The smallest absolute Gasteiger partial charge is 0.415 e. The maximum absolute atomic E-state index is 12.8. The molecule has 0 bridgehead atoms. The predicted molar refractivity (Wildman–Crippen MR) is 102 cm³/mol. The van der Waals surface area contributed by atoms with Crippen LogP contribution in [0.1, 0.15) is 22.3 Å². The summed E-state index contributed by atoms with van der Waals surface area (Å²) in [6.45, 7) is 4.02. The molecule has 0 spiro atoms. The van der Waals surface area contributed by atoms with E-state index in [2.05, 4.69) is 0 Å². The minimum absolute atomic E-state index is 0.0287. The number of hydrogen-bond acceptors (Lipinski definition) is 4. The van der Waals surface area contributed by atoms with E-state index in [4.69, 9.17) is 9.47 Å². The highest BCUT2D eigenvalue weighted by Crippen LogP contribution is 2.20. The van der Waals surface area contributed by atoms with Crippen molar-refractivity contribution in [3.63, 3.8) is 0 Å². The third kappa shape index (κ3) is 4.58. The molecular formula is C21H24N2O4. The van der Waals surface area contributed by atoms with Crippen molar-refractivity contribution in [2.45, 2.75) is 13.3 Å². The summed E-state index contributed by atoms with van der Waals surface area (Å²) >= 11 is 0. The zero-order valence-electron chi connectivity index (χ0n) is 15.7. The van der Waals surface area contributed by atoms with Gasteiger partial charge < -0.3 is 19.3 Å². The Balaban J connectivity index is 1.61. The van der Waals surface area contributed by atoms with Crippen molar-refractivity contribution in [2.75, 3.05) is 33.3 Å². The van der Waals surface area contributed by atoms with Gasteiger partial charge in [-0.1, -0.05) is 18.2 Å². The predicted octanol–water partition coefficient (Wildman–Crippen LogP) is 3.35. The van der Waals surface area contributed by atoms with Crippen LogP contribution in [0.4, 0.5) is 4.79 Å². The van der Waals surface area contributed by atoms with Crippen LogP contribution in [0.15, 0.2) is 48.5 Å². The lowest BCUT2D eigenvalue weighted by Gasteiger charge is -2.22. The number of carbonyl (C=O) groups is 2. The summed E-state index contributed by atoms with van der Waals surface area (Å²) in [4.78, 5) is 28.6. The van der Waals surface area contributed by atoms with Gasteiger partial charge in [0.15, 0.2) is 0 Å². The summed E-state index contributed by atoms with van der Waals surface area (Å²) in [6.07, 6.45) is 0.334. The number of methoxy groups -OCH3 is 1. The van der Waals surface area contributed by atoms with Crippen LogP contribution in [0.25, 0.3) is 0 Å². The Labute approximate surface area is 159 Å². The van der Waals surface area contributed by atoms with Gasteiger partial charge in [0.2, 0.25) is 0 Å². The number of nitrogens with zero attached hydrogens (tertiary/aromatic N) is 2. The number of rotatable bonds is 3. The van der Waals surface area contributed by atoms with Crippen LogP contribution in [0.3, 0.4) is 0 Å². The zero-order valence-corrected chi connectivity index (χ0v) is 15.7. The SMILES string of the molecule is COc1ccc(C(=O)N2CCCN(C(=O)Oc3ccccc3)CC2)cc1C. The third-order valence-electron chi connectivity index (χ3n) is 4.63. The van der Waals surface area contributed by atoms with Crippen molar-refractivity contribution in [1.29, 1.82) is 0 Å². The Bertz CT molecular complexity index is 807. The number of amides is 2. The van der Waals surface area contributed by atoms with E-state index in [9.17, 15) is 9.59 Å². The fourth-order valence-electron chi connectivity index (χ4n) is 3.15.